The van der Waals surface area contributed by atoms with E-state index >= 15 is 0 Å². The maximum Gasteiger partial charge on any atom is 0.328 e. The molecule has 0 aliphatic carbocycles. The first-order chi connectivity index (χ1) is 7.20. The first-order valence-corrected chi connectivity index (χ1v) is 4.74. The van der Waals surface area contributed by atoms with Gasteiger partial charge in [-0.15, -0.1) is 0 Å². The highest BCUT2D eigenvalue weighted by Crippen LogP contribution is 2.21. The third-order valence-electron chi connectivity index (χ3n) is 2.51. The lowest BCUT2D eigenvalue weighted by molar-refractivity contribution is 0.0574. The van der Waals surface area contributed by atoms with Crippen molar-refractivity contribution in [3.63, 3.8) is 0 Å². The molecule has 0 bridgehead atoms. The van der Waals surface area contributed by atoms with Gasteiger partial charge < -0.3 is 9.84 Å². The van der Waals surface area contributed by atoms with Crippen molar-refractivity contribution in [2.45, 2.75) is 18.6 Å². The van der Waals surface area contributed by atoms with E-state index in [2.05, 4.69) is 4.98 Å². The Morgan fingerprint density at radius 1 is 1.60 bits per heavy atom. The smallest absolute Gasteiger partial charge is 0.328 e. The number of aromatic amines is 1. The van der Waals surface area contributed by atoms with Crippen molar-refractivity contribution in [1.82, 2.24) is 9.55 Å². The van der Waals surface area contributed by atoms with Crippen LogP contribution in [0.25, 0.3) is 0 Å². The number of aromatic nitrogens is 2. The van der Waals surface area contributed by atoms with Gasteiger partial charge in [0.1, 0.15) is 0 Å². The van der Waals surface area contributed by atoms with Gasteiger partial charge >= 0.3 is 5.69 Å². The van der Waals surface area contributed by atoms with Crippen molar-refractivity contribution < 1.29 is 9.84 Å². The Hall–Kier alpha value is -1.40. The first kappa shape index (κ1) is 10.1. The Morgan fingerprint density at radius 2 is 2.40 bits per heavy atom. The van der Waals surface area contributed by atoms with Crippen molar-refractivity contribution in [3.8, 4) is 0 Å². The molecule has 0 amide bonds. The molecular weight excluding hydrogens is 200 g/mol. The van der Waals surface area contributed by atoms with E-state index < -0.39 is 11.2 Å². The Bertz CT molecular complexity index is 450. The lowest BCUT2D eigenvalue weighted by Gasteiger charge is -2.10. The molecule has 1 aliphatic heterocycles. The summed E-state index contributed by atoms with van der Waals surface area (Å²) < 4.78 is 6.68. The molecule has 1 aliphatic rings. The minimum Gasteiger partial charge on any atom is -0.394 e. The molecule has 0 aromatic carbocycles. The molecule has 15 heavy (non-hydrogen) atoms. The van der Waals surface area contributed by atoms with Crippen LogP contribution >= 0.6 is 0 Å². The third-order valence-corrected chi connectivity index (χ3v) is 2.51. The Labute approximate surface area is 85.1 Å². The monoisotopic (exact) mass is 212 g/mol. The van der Waals surface area contributed by atoms with Crippen LogP contribution in [0.15, 0.2) is 21.9 Å². The first-order valence-electron chi connectivity index (χ1n) is 4.74. The number of ether oxygens (including phenoxy) is 1. The maximum absolute atomic E-state index is 11.4. The van der Waals surface area contributed by atoms with Gasteiger partial charge in [-0.2, -0.15) is 0 Å². The maximum atomic E-state index is 11.4. The van der Waals surface area contributed by atoms with Crippen molar-refractivity contribution in [2.75, 3.05) is 13.2 Å². The Morgan fingerprint density at radius 3 is 3.00 bits per heavy atom. The largest absolute Gasteiger partial charge is 0.394 e. The van der Waals surface area contributed by atoms with Crippen LogP contribution < -0.4 is 11.2 Å². The predicted octanol–water partition coefficient (Wildman–Crippen LogP) is -1.14. The van der Waals surface area contributed by atoms with Crippen molar-refractivity contribution in [1.29, 1.82) is 0 Å². The summed E-state index contributed by atoms with van der Waals surface area (Å²) >= 11 is 0. The number of aliphatic hydroxyl groups excluding tert-OH is 1. The standard InChI is InChI=1S/C9H12N2O4/c12-4-7-3-6(5-15-7)11-2-1-8(13)10-9(11)14/h1-2,6-7,12H,3-5H2,(H,10,13,14)/t6-,7-/m1/s1. The van der Waals surface area contributed by atoms with E-state index in [0.717, 1.165) is 0 Å². The molecule has 1 aromatic heterocycles. The number of nitrogens with zero attached hydrogens (tertiary/aromatic N) is 1. The molecule has 0 spiro atoms. The molecule has 0 unspecified atom stereocenters. The fourth-order valence-corrected chi connectivity index (χ4v) is 1.72. The zero-order valence-electron chi connectivity index (χ0n) is 8.05. The molecule has 6 heteroatoms. The molecule has 2 heterocycles. The molecular formula is C9H12N2O4. The van der Waals surface area contributed by atoms with Gasteiger partial charge in [-0.05, 0) is 6.42 Å². The van der Waals surface area contributed by atoms with Gasteiger partial charge in [-0.1, -0.05) is 0 Å². The molecule has 2 rings (SSSR count). The summed E-state index contributed by atoms with van der Waals surface area (Å²) in [6, 6.07) is 1.19. The molecule has 1 saturated heterocycles. The lowest BCUT2D eigenvalue weighted by atomic mass is 10.2. The van der Waals surface area contributed by atoms with Gasteiger partial charge in [0, 0.05) is 12.3 Å². The number of hydrogen-bond acceptors (Lipinski definition) is 4. The highest BCUT2D eigenvalue weighted by molar-refractivity contribution is 4.88. The molecule has 0 saturated carbocycles. The van der Waals surface area contributed by atoms with Crippen LogP contribution in [-0.2, 0) is 4.74 Å². The average molecular weight is 212 g/mol. The summed E-state index contributed by atoms with van der Waals surface area (Å²) in [6.07, 6.45) is 1.83. The van der Waals surface area contributed by atoms with Gasteiger partial charge in [0.2, 0.25) is 0 Å². The van der Waals surface area contributed by atoms with Gasteiger partial charge in [0.15, 0.2) is 0 Å². The summed E-state index contributed by atoms with van der Waals surface area (Å²) in [5, 5.41) is 8.87. The second kappa shape index (κ2) is 4.00. The van der Waals surface area contributed by atoms with Crippen LogP contribution in [0.1, 0.15) is 12.5 Å². The Balaban J connectivity index is 2.24. The van der Waals surface area contributed by atoms with Crippen LogP contribution in [0.2, 0.25) is 0 Å². The minimum atomic E-state index is -0.435. The second-order valence-corrected chi connectivity index (χ2v) is 3.54. The average Bonchev–Trinajstić information content (AvgIpc) is 2.66. The van der Waals surface area contributed by atoms with Crippen LogP contribution in [-0.4, -0.2) is 34.0 Å². The van der Waals surface area contributed by atoms with E-state index in [4.69, 9.17) is 9.84 Å². The van der Waals surface area contributed by atoms with E-state index in [0.29, 0.717) is 13.0 Å². The van der Waals surface area contributed by atoms with Crippen LogP contribution in [0.5, 0.6) is 0 Å². The molecule has 82 valence electrons. The van der Waals surface area contributed by atoms with Gasteiger partial charge in [0.25, 0.3) is 5.56 Å². The zero-order valence-corrected chi connectivity index (χ0v) is 8.05. The predicted molar refractivity (Wildman–Crippen MR) is 51.8 cm³/mol. The topological polar surface area (TPSA) is 84.3 Å². The van der Waals surface area contributed by atoms with Crippen molar-refractivity contribution >= 4 is 0 Å². The SMILES string of the molecule is O=c1ccn([C@H]2CO[C@@H](CO)C2)c(=O)[nH]1. The highest BCUT2D eigenvalue weighted by Gasteiger charge is 2.26. The van der Waals surface area contributed by atoms with Gasteiger partial charge in [-0.3, -0.25) is 14.3 Å². The number of hydrogen-bond donors (Lipinski definition) is 2. The van der Waals surface area contributed by atoms with E-state index in [1.165, 1.54) is 16.8 Å². The molecule has 0 radical (unpaired) electrons. The highest BCUT2D eigenvalue weighted by atomic mass is 16.5. The third kappa shape index (κ3) is 2.00. The van der Waals surface area contributed by atoms with Gasteiger partial charge in [0.05, 0.1) is 25.4 Å². The minimum absolute atomic E-state index is 0.0470. The van der Waals surface area contributed by atoms with Crippen molar-refractivity contribution in [2.24, 2.45) is 0 Å². The quantitative estimate of drug-likeness (QED) is 0.649. The van der Waals surface area contributed by atoms with Gasteiger partial charge in [-0.25, -0.2) is 4.79 Å². The molecule has 2 atom stereocenters. The summed E-state index contributed by atoms with van der Waals surface area (Å²) in [4.78, 5) is 24.4. The zero-order chi connectivity index (χ0) is 10.8. The molecule has 1 fully saturated rings. The summed E-state index contributed by atoms with van der Waals surface area (Å²) in [6.45, 7) is 0.339. The van der Waals surface area contributed by atoms with Crippen LogP contribution in [0, 0.1) is 0 Å². The van der Waals surface area contributed by atoms with Crippen LogP contribution in [0.4, 0.5) is 0 Å². The lowest BCUT2D eigenvalue weighted by Crippen LogP contribution is -2.31. The molecule has 1 aromatic rings. The normalized spacial score (nSPS) is 25.7. The van der Waals surface area contributed by atoms with E-state index in [1.54, 1.807) is 0 Å². The van der Waals surface area contributed by atoms with Crippen LogP contribution in [0.3, 0.4) is 0 Å². The summed E-state index contributed by atoms with van der Waals surface area (Å²) in [5.41, 5.74) is -0.844. The van der Waals surface area contributed by atoms with E-state index in [-0.39, 0.29) is 18.8 Å². The number of rotatable bonds is 2. The summed E-state index contributed by atoms with van der Waals surface area (Å²) in [7, 11) is 0. The number of H-pyrrole nitrogens is 1. The Kier molecular flexibility index (Phi) is 2.70. The number of nitrogens with one attached hydrogen (secondary N) is 1. The number of aliphatic hydroxyl groups is 1. The van der Waals surface area contributed by atoms with E-state index in [9.17, 15) is 9.59 Å². The fraction of sp³-hybridized carbons (Fsp3) is 0.556. The summed E-state index contributed by atoms with van der Waals surface area (Å²) in [5.74, 6) is 0. The van der Waals surface area contributed by atoms with E-state index in [1.807, 2.05) is 0 Å². The van der Waals surface area contributed by atoms with Crippen molar-refractivity contribution in [3.05, 3.63) is 33.1 Å². The molecule has 6 nitrogen and oxygen atoms in total. The fourth-order valence-electron chi connectivity index (χ4n) is 1.72. The second-order valence-electron chi connectivity index (χ2n) is 3.54. The molecule has 2 N–H and O–H groups in total.